The summed E-state index contributed by atoms with van der Waals surface area (Å²) in [4.78, 5) is 24.9. The van der Waals surface area contributed by atoms with Gasteiger partial charge in [0, 0.05) is 13.1 Å². The Morgan fingerprint density at radius 1 is 1.39 bits per heavy atom. The molecular formula is C13H22N2O3. The SMILES string of the molecule is CC1(C)CCCN(C(=O)NC(C(=O)O)C2CC2)C1. The molecule has 0 aromatic rings. The molecular weight excluding hydrogens is 232 g/mol. The van der Waals surface area contributed by atoms with Gasteiger partial charge in [-0.25, -0.2) is 9.59 Å². The highest BCUT2D eigenvalue weighted by molar-refractivity contribution is 5.83. The molecule has 2 fully saturated rings. The quantitative estimate of drug-likeness (QED) is 0.805. The van der Waals surface area contributed by atoms with Gasteiger partial charge in [-0.1, -0.05) is 13.8 Å². The first kappa shape index (κ1) is 13.2. The molecule has 0 radical (unpaired) electrons. The number of hydrogen-bond donors (Lipinski definition) is 2. The van der Waals surface area contributed by atoms with Gasteiger partial charge in [-0.15, -0.1) is 0 Å². The van der Waals surface area contributed by atoms with Crippen molar-refractivity contribution in [2.24, 2.45) is 11.3 Å². The summed E-state index contributed by atoms with van der Waals surface area (Å²) in [5.74, 6) is -0.786. The van der Waals surface area contributed by atoms with Crippen molar-refractivity contribution in [3.8, 4) is 0 Å². The summed E-state index contributed by atoms with van der Waals surface area (Å²) in [5, 5.41) is 11.8. The average Bonchev–Trinajstić information content (AvgIpc) is 3.07. The molecule has 0 aromatic heterocycles. The molecule has 1 atom stereocenters. The van der Waals surface area contributed by atoms with Gasteiger partial charge in [0.25, 0.3) is 0 Å². The normalized spacial score (nSPS) is 24.4. The summed E-state index contributed by atoms with van der Waals surface area (Å²) >= 11 is 0. The van der Waals surface area contributed by atoms with Gasteiger partial charge in [0.15, 0.2) is 0 Å². The van der Waals surface area contributed by atoms with Crippen LogP contribution in [0, 0.1) is 11.3 Å². The average molecular weight is 254 g/mol. The van der Waals surface area contributed by atoms with E-state index >= 15 is 0 Å². The van der Waals surface area contributed by atoms with E-state index in [2.05, 4.69) is 19.2 Å². The number of carboxylic acid groups (broad SMARTS) is 1. The Morgan fingerprint density at radius 3 is 2.56 bits per heavy atom. The number of likely N-dealkylation sites (tertiary alicyclic amines) is 1. The maximum atomic E-state index is 12.1. The second-order valence-corrected chi connectivity index (χ2v) is 6.29. The van der Waals surface area contributed by atoms with Crippen LogP contribution >= 0.6 is 0 Å². The summed E-state index contributed by atoms with van der Waals surface area (Å²) in [6.45, 7) is 5.71. The van der Waals surface area contributed by atoms with Crippen LogP contribution in [0.3, 0.4) is 0 Å². The van der Waals surface area contributed by atoms with Crippen molar-refractivity contribution in [1.82, 2.24) is 10.2 Å². The molecule has 2 amide bonds. The van der Waals surface area contributed by atoms with Crippen molar-refractivity contribution in [1.29, 1.82) is 0 Å². The van der Waals surface area contributed by atoms with Crippen molar-refractivity contribution in [3.63, 3.8) is 0 Å². The van der Waals surface area contributed by atoms with Gasteiger partial charge >= 0.3 is 12.0 Å². The minimum Gasteiger partial charge on any atom is -0.480 e. The van der Waals surface area contributed by atoms with E-state index in [0.29, 0.717) is 6.54 Å². The number of carboxylic acids is 1. The molecule has 2 aliphatic rings. The standard InChI is InChI=1S/C13H22N2O3/c1-13(2)6-3-7-15(8-13)12(18)14-10(11(16)17)9-4-5-9/h9-10H,3-8H2,1-2H3,(H,14,18)(H,16,17). The summed E-state index contributed by atoms with van der Waals surface area (Å²) in [6.07, 6.45) is 3.91. The first-order valence-corrected chi connectivity index (χ1v) is 6.67. The lowest BCUT2D eigenvalue weighted by Crippen LogP contribution is -2.52. The number of hydrogen-bond acceptors (Lipinski definition) is 2. The molecule has 18 heavy (non-hydrogen) atoms. The highest BCUT2D eigenvalue weighted by Gasteiger charge is 2.39. The van der Waals surface area contributed by atoms with E-state index in [1.165, 1.54) is 0 Å². The van der Waals surface area contributed by atoms with Gasteiger partial charge in [0.05, 0.1) is 0 Å². The number of piperidine rings is 1. The monoisotopic (exact) mass is 254 g/mol. The topological polar surface area (TPSA) is 69.6 Å². The third kappa shape index (κ3) is 3.15. The molecule has 1 aliphatic carbocycles. The minimum absolute atomic E-state index is 0.129. The van der Waals surface area contributed by atoms with E-state index in [4.69, 9.17) is 5.11 Å². The highest BCUT2D eigenvalue weighted by atomic mass is 16.4. The van der Waals surface area contributed by atoms with E-state index in [0.717, 1.165) is 32.2 Å². The van der Waals surface area contributed by atoms with Crippen LogP contribution in [0.2, 0.25) is 0 Å². The first-order chi connectivity index (χ1) is 8.39. The number of nitrogens with one attached hydrogen (secondary N) is 1. The number of amides is 2. The fourth-order valence-corrected chi connectivity index (χ4v) is 2.63. The number of rotatable bonds is 3. The van der Waals surface area contributed by atoms with Gasteiger partial charge in [-0.05, 0) is 37.0 Å². The van der Waals surface area contributed by atoms with Crippen molar-refractivity contribution in [3.05, 3.63) is 0 Å². The minimum atomic E-state index is -0.915. The molecule has 1 saturated heterocycles. The van der Waals surface area contributed by atoms with Crippen LogP contribution in [0.25, 0.3) is 0 Å². The van der Waals surface area contributed by atoms with Gasteiger partial charge < -0.3 is 15.3 Å². The maximum absolute atomic E-state index is 12.1. The number of nitrogens with zero attached hydrogens (tertiary/aromatic N) is 1. The molecule has 102 valence electrons. The van der Waals surface area contributed by atoms with Crippen molar-refractivity contribution < 1.29 is 14.7 Å². The highest BCUT2D eigenvalue weighted by Crippen LogP contribution is 2.33. The first-order valence-electron chi connectivity index (χ1n) is 6.67. The lowest BCUT2D eigenvalue weighted by molar-refractivity contribution is -0.139. The summed E-state index contributed by atoms with van der Waals surface area (Å²) in [7, 11) is 0. The Bertz CT molecular complexity index is 350. The molecule has 0 spiro atoms. The predicted octanol–water partition coefficient (Wildman–Crippen LogP) is 1.68. The summed E-state index contributed by atoms with van der Waals surface area (Å²) < 4.78 is 0. The van der Waals surface area contributed by atoms with E-state index in [-0.39, 0.29) is 17.4 Å². The number of aliphatic carboxylic acids is 1. The molecule has 5 heteroatoms. The Balaban J connectivity index is 1.92. The number of carbonyl (C=O) groups excluding carboxylic acids is 1. The zero-order chi connectivity index (χ0) is 13.3. The molecule has 0 aromatic carbocycles. The number of urea groups is 1. The van der Waals surface area contributed by atoms with Crippen LogP contribution in [-0.2, 0) is 4.79 Å². The van der Waals surface area contributed by atoms with Gasteiger partial charge in [0.1, 0.15) is 6.04 Å². The van der Waals surface area contributed by atoms with Crippen LogP contribution in [0.5, 0.6) is 0 Å². The van der Waals surface area contributed by atoms with Crippen LogP contribution in [0.1, 0.15) is 39.5 Å². The fraction of sp³-hybridized carbons (Fsp3) is 0.846. The van der Waals surface area contributed by atoms with Crippen LogP contribution < -0.4 is 5.32 Å². The summed E-state index contributed by atoms with van der Waals surface area (Å²) in [5.41, 5.74) is 0.133. The van der Waals surface area contributed by atoms with Crippen molar-refractivity contribution in [2.45, 2.75) is 45.6 Å². The van der Waals surface area contributed by atoms with Crippen molar-refractivity contribution in [2.75, 3.05) is 13.1 Å². The summed E-state index contributed by atoms with van der Waals surface area (Å²) in [6, 6.07) is -0.926. The zero-order valence-corrected chi connectivity index (χ0v) is 11.1. The van der Waals surface area contributed by atoms with E-state index in [9.17, 15) is 9.59 Å². The molecule has 5 nitrogen and oxygen atoms in total. The number of carbonyl (C=O) groups is 2. The van der Waals surface area contributed by atoms with Gasteiger partial charge in [-0.2, -0.15) is 0 Å². The van der Waals surface area contributed by atoms with Gasteiger partial charge in [0.2, 0.25) is 0 Å². The van der Waals surface area contributed by atoms with E-state index < -0.39 is 12.0 Å². The second-order valence-electron chi connectivity index (χ2n) is 6.29. The molecule has 0 bridgehead atoms. The van der Waals surface area contributed by atoms with E-state index in [1.54, 1.807) is 4.90 Å². The van der Waals surface area contributed by atoms with E-state index in [1.807, 2.05) is 0 Å². The molecule has 1 aliphatic heterocycles. The Kier molecular flexibility index (Phi) is 3.50. The third-order valence-electron chi connectivity index (χ3n) is 3.83. The lowest BCUT2D eigenvalue weighted by Gasteiger charge is -2.38. The molecule has 2 N–H and O–H groups in total. The Labute approximate surface area is 108 Å². The molecule has 1 unspecified atom stereocenters. The zero-order valence-electron chi connectivity index (χ0n) is 11.1. The smallest absolute Gasteiger partial charge is 0.326 e. The molecule has 2 rings (SSSR count). The van der Waals surface area contributed by atoms with Crippen LogP contribution in [0.4, 0.5) is 4.79 Å². The van der Waals surface area contributed by atoms with Crippen LogP contribution in [0.15, 0.2) is 0 Å². The Hall–Kier alpha value is -1.26. The van der Waals surface area contributed by atoms with Crippen LogP contribution in [-0.4, -0.2) is 41.1 Å². The van der Waals surface area contributed by atoms with Crippen molar-refractivity contribution >= 4 is 12.0 Å². The Morgan fingerprint density at radius 2 is 2.06 bits per heavy atom. The largest absolute Gasteiger partial charge is 0.480 e. The third-order valence-corrected chi connectivity index (χ3v) is 3.83. The van der Waals surface area contributed by atoms with Gasteiger partial charge in [-0.3, -0.25) is 0 Å². The molecule has 1 heterocycles. The lowest BCUT2D eigenvalue weighted by atomic mass is 9.84. The predicted molar refractivity (Wildman–Crippen MR) is 67.3 cm³/mol. The maximum Gasteiger partial charge on any atom is 0.326 e. The fourth-order valence-electron chi connectivity index (χ4n) is 2.63. The molecule has 1 saturated carbocycles. The second kappa shape index (κ2) is 4.78.